The number of anilines is 1. The average molecular weight is 373 g/mol. The second-order valence-electron chi connectivity index (χ2n) is 4.82. The fourth-order valence-electron chi connectivity index (χ4n) is 1.82. The molecule has 0 spiro atoms. The Bertz CT molecular complexity index is 838. The second-order valence-corrected chi connectivity index (χ2v) is 7.40. The van der Waals surface area contributed by atoms with E-state index in [1.54, 1.807) is 18.2 Å². The predicted octanol–water partition coefficient (Wildman–Crippen LogP) is 3.22. The molecule has 2 rings (SSSR count). The van der Waals surface area contributed by atoms with Gasteiger partial charge in [-0.25, -0.2) is 13.1 Å². The minimum Gasteiger partial charge on any atom is -0.325 e. The van der Waals surface area contributed by atoms with Gasteiger partial charge in [0.1, 0.15) is 0 Å². The molecule has 0 aliphatic rings. The molecule has 0 heterocycles. The van der Waals surface area contributed by atoms with Crippen molar-refractivity contribution < 1.29 is 13.2 Å². The molecular formula is C15H14Cl2N2O3S. The highest BCUT2D eigenvalue weighted by Gasteiger charge is 2.16. The molecule has 0 saturated heterocycles. The van der Waals surface area contributed by atoms with Crippen molar-refractivity contribution in [2.75, 3.05) is 11.9 Å². The summed E-state index contributed by atoms with van der Waals surface area (Å²) in [5.41, 5.74) is 1.59. The van der Waals surface area contributed by atoms with Gasteiger partial charge in [-0.05, 0) is 42.8 Å². The smallest absolute Gasteiger partial charge is 0.241 e. The molecule has 2 N–H and O–H groups in total. The van der Waals surface area contributed by atoms with E-state index in [0.29, 0.717) is 5.69 Å². The number of hydrogen-bond acceptors (Lipinski definition) is 3. The number of carbonyl (C=O) groups excluding carboxylic acids is 1. The summed E-state index contributed by atoms with van der Waals surface area (Å²) in [7, 11) is -3.85. The fourth-order valence-corrected chi connectivity index (χ4v) is 3.19. The van der Waals surface area contributed by atoms with Crippen LogP contribution in [0.2, 0.25) is 10.0 Å². The lowest BCUT2D eigenvalue weighted by Gasteiger charge is -2.09. The third kappa shape index (κ3) is 4.94. The maximum absolute atomic E-state index is 12.1. The van der Waals surface area contributed by atoms with Crippen molar-refractivity contribution in [1.29, 1.82) is 0 Å². The Hall–Kier alpha value is -1.60. The number of hydrogen-bond donors (Lipinski definition) is 2. The SMILES string of the molecule is Cc1cccc(NC(=O)CNS(=O)(=O)c2ccc(Cl)c(Cl)c2)c1. The number of halogens is 2. The van der Waals surface area contributed by atoms with E-state index >= 15 is 0 Å². The zero-order chi connectivity index (χ0) is 17.0. The third-order valence-electron chi connectivity index (χ3n) is 2.93. The summed E-state index contributed by atoms with van der Waals surface area (Å²) in [5.74, 6) is -0.473. The molecule has 0 aromatic heterocycles. The highest BCUT2D eigenvalue weighted by Crippen LogP contribution is 2.24. The zero-order valence-corrected chi connectivity index (χ0v) is 14.5. The molecule has 23 heavy (non-hydrogen) atoms. The molecule has 0 radical (unpaired) electrons. The predicted molar refractivity (Wildman–Crippen MR) is 91.5 cm³/mol. The van der Waals surface area contributed by atoms with Crippen molar-refractivity contribution in [3.8, 4) is 0 Å². The molecule has 122 valence electrons. The first-order valence-corrected chi connectivity index (χ1v) is 8.83. The quantitative estimate of drug-likeness (QED) is 0.845. The van der Waals surface area contributed by atoms with Gasteiger partial charge in [0.15, 0.2) is 0 Å². The zero-order valence-electron chi connectivity index (χ0n) is 12.1. The molecular weight excluding hydrogens is 359 g/mol. The summed E-state index contributed by atoms with van der Waals surface area (Å²) >= 11 is 11.6. The molecule has 5 nitrogen and oxygen atoms in total. The van der Waals surface area contributed by atoms with Crippen LogP contribution < -0.4 is 10.0 Å². The summed E-state index contributed by atoms with van der Waals surface area (Å²) in [6.07, 6.45) is 0. The maximum Gasteiger partial charge on any atom is 0.241 e. The lowest BCUT2D eigenvalue weighted by atomic mass is 10.2. The first-order chi connectivity index (χ1) is 10.8. The summed E-state index contributed by atoms with van der Waals surface area (Å²) < 4.78 is 26.4. The van der Waals surface area contributed by atoms with Gasteiger partial charge < -0.3 is 5.32 Å². The standard InChI is InChI=1S/C15H14Cl2N2O3S/c1-10-3-2-4-11(7-10)19-15(20)9-18-23(21,22)12-5-6-13(16)14(17)8-12/h2-8,18H,9H2,1H3,(H,19,20). The number of benzene rings is 2. The van der Waals surface area contributed by atoms with Crippen molar-refractivity contribution in [3.05, 3.63) is 58.1 Å². The molecule has 8 heteroatoms. The highest BCUT2D eigenvalue weighted by molar-refractivity contribution is 7.89. The third-order valence-corrected chi connectivity index (χ3v) is 5.06. The van der Waals surface area contributed by atoms with Gasteiger partial charge in [-0.3, -0.25) is 4.79 Å². The monoisotopic (exact) mass is 372 g/mol. The summed E-state index contributed by atoms with van der Waals surface area (Å²) in [6.45, 7) is 1.50. The van der Waals surface area contributed by atoms with Gasteiger partial charge in [0.05, 0.1) is 21.5 Å². The molecule has 2 aromatic rings. The van der Waals surface area contributed by atoms with Gasteiger partial charge in [0.2, 0.25) is 15.9 Å². The van der Waals surface area contributed by atoms with Crippen LogP contribution in [0.1, 0.15) is 5.56 Å². The second kappa shape index (κ2) is 7.31. The Morgan fingerprint density at radius 3 is 2.48 bits per heavy atom. The summed E-state index contributed by atoms with van der Waals surface area (Å²) in [6, 6.07) is 11.1. The van der Waals surface area contributed by atoms with Crippen LogP contribution in [-0.4, -0.2) is 20.9 Å². The van der Waals surface area contributed by atoms with Gasteiger partial charge in [0, 0.05) is 5.69 Å². The summed E-state index contributed by atoms with van der Waals surface area (Å²) in [5, 5.41) is 2.99. The molecule has 0 saturated carbocycles. The highest BCUT2D eigenvalue weighted by atomic mass is 35.5. The Labute approximate surface area is 144 Å². The Kier molecular flexibility index (Phi) is 5.64. The van der Waals surface area contributed by atoms with Crippen LogP contribution in [0.15, 0.2) is 47.4 Å². The van der Waals surface area contributed by atoms with Crippen LogP contribution in [0.3, 0.4) is 0 Å². The van der Waals surface area contributed by atoms with E-state index in [9.17, 15) is 13.2 Å². The topological polar surface area (TPSA) is 75.3 Å². The lowest BCUT2D eigenvalue weighted by molar-refractivity contribution is -0.115. The van der Waals surface area contributed by atoms with Crippen LogP contribution in [0.5, 0.6) is 0 Å². The average Bonchev–Trinajstić information content (AvgIpc) is 2.48. The van der Waals surface area contributed by atoms with Crippen LogP contribution in [0, 0.1) is 6.92 Å². The van der Waals surface area contributed by atoms with Gasteiger partial charge in [-0.2, -0.15) is 0 Å². The van der Waals surface area contributed by atoms with Crippen LogP contribution >= 0.6 is 23.2 Å². The Balaban J connectivity index is 2.01. The Morgan fingerprint density at radius 1 is 1.09 bits per heavy atom. The van der Waals surface area contributed by atoms with Crippen LogP contribution in [0.25, 0.3) is 0 Å². The summed E-state index contributed by atoms with van der Waals surface area (Å²) in [4.78, 5) is 11.8. The first-order valence-electron chi connectivity index (χ1n) is 6.59. The van der Waals surface area contributed by atoms with Gasteiger partial charge in [-0.15, -0.1) is 0 Å². The number of carbonyl (C=O) groups is 1. The Morgan fingerprint density at radius 2 is 1.83 bits per heavy atom. The van der Waals surface area contributed by atoms with Crippen molar-refractivity contribution >= 4 is 44.8 Å². The minimum atomic E-state index is -3.85. The maximum atomic E-state index is 12.1. The number of amides is 1. The van der Waals surface area contributed by atoms with E-state index in [4.69, 9.17) is 23.2 Å². The fraction of sp³-hybridized carbons (Fsp3) is 0.133. The van der Waals surface area contributed by atoms with E-state index in [-0.39, 0.29) is 14.9 Å². The van der Waals surface area contributed by atoms with Gasteiger partial charge >= 0.3 is 0 Å². The van der Waals surface area contributed by atoms with E-state index in [2.05, 4.69) is 10.0 Å². The van der Waals surface area contributed by atoms with Crippen molar-refractivity contribution in [3.63, 3.8) is 0 Å². The number of rotatable bonds is 5. The van der Waals surface area contributed by atoms with E-state index in [0.717, 1.165) is 5.56 Å². The van der Waals surface area contributed by atoms with E-state index in [1.165, 1.54) is 18.2 Å². The largest absolute Gasteiger partial charge is 0.325 e. The molecule has 0 atom stereocenters. The molecule has 0 fully saturated rings. The molecule has 0 aliphatic carbocycles. The van der Waals surface area contributed by atoms with E-state index in [1.807, 2.05) is 13.0 Å². The van der Waals surface area contributed by atoms with Crippen molar-refractivity contribution in [2.24, 2.45) is 0 Å². The normalized spacial score (nSPS) is 11.3. The van der Waals surface area contributed by atoms with Gasteiger partial charge in [-0.1, -0.05) is 35.3 Å². The molecule has 2 aromatic carbocycles. The molecule has 0 aliphatic heterocycles. The van der Waals surface area contributed by atoms with Crippen LogP contribution in [0.4, 0.5) is 5.69 Å². The van der Waals surface area contributed by atoms with Crippen LogP contribution in [-0.2, 0) is 14.8 Å². The number of nitrogens with one attached hydrogen (secondary N) is 2. The number of sulfonamides is 1. The first kappa shape index (κ1) is 17.7. The van der Waals surface area contributed by atoms with Crippen molar-refractivity contribution in [2.45, 2.75) is 11.8 Å². The van der Waals surface area contributed by atoms with Crippen molar-refractivity contribution in [1.82, 2.24) is 4.72 Å². The molecule has 0 unspecified atom stereocenters. The minimum absolute atomic E-state index is 0.0599. The number of aryl methyl sites for hydroxylation is 1. The molecule has 1 amide bonds. The lowest BCUT2D eigenvalue weighted by Crippen LogP contribution is -2.32. The van der Waals surface area contributed by atoms with Gasteiger partial charge in [0.25, 0.3) is 0 Å². The molecule has 0 bridgehead atoms. The van der Waals surface area contributed by atoms with E-state index < -0.39 is 22.5 Å².